The number of amides is 1. The van der Waals surface area contributed by atoms with Gasteiger partial charge in [-0.2, -0.15) is 0 Å². The van der Waals surface area contributed by atoms with Crippen LogP contribution in [-0.2, 0) is 27.5 Å². The average Bonchev–Trinajstić information content (AvgIpc) is 3.33. The molecule has 0 atom stereocenters. The highest BCUT2D eigenvalue weighted by Gasteiger charge is 2.25. The Hall–Kier alpha value is -2.95. The third-order valence-corrected chi connectivity index (χ3v) is 9.15. The number of para-hydroxylation sites is 1. The predicted molar refractivity (Wildman–Crippen MR) is 172 cm³/mol. The smallest absolute Gasteiger partial charge is 0.220 e. The largest absolute Gasteiger partial charge is 0.374 e. The number of imidazole rings is 1. The first-order valence-corrected chi connectivity index (χ1v) is 17.0. The normalized spacial score (nSPS) is 11.8. The fourth-order valence-electron chi connectivity index (χ4n) is 4.90. The van der Waals surface area contributed by atoms with Crippen LogP contribution in [-0.4, -0.2) is 49.1 Å². The first-order valence-electron chi connectivity index (χ1n) is 14.7. The van der Waals surface area contributed by atoms with E-state index in [1.54, 1.807) is 27.8 Å². The predicted octanol–water partition coefficient (Wildman–Crippen LogP) is 7.15. The number of ketones is 1. The Morgan fingerprint density at radius 2 is 1.74 bits per heavy atom. The fraction of sp³-hybridized carbons (Fsp3) is 0.469. The number of nitrogens with one attached hydrogen (secondary N) is 1. The Morgan fingerprint density at radius 3 is 2.52 bits per heavy atom. The summed E-state index contributed by atoms with van der Waals surface area (Å²) >= 11 is 0. The summed E-state index contributed by atoms with van der Waals surface area (Å²) in [6, 6.07) is 13.9. The van der Waals surface area contributed by atoms with Crippen LogP contribution in [0.15, 0.2) is 59.9 Å². The van der Waals surface area contributed by atoms with E-state index in [1.807, 2.05) is 63.4 Å². The molecule has 4 aromatic rings. The van der Waals surface area contributed by atoms with Gasteiger partial charge >= 0.3 is 0 Å². The van der Waals surface area contributed by atoms with Gasteiger partial charge in [0.15, 0.2) is 0 Å². The van der Waals surface area contributed by atoms with E-state index in [9.17, 15) is 9.59 Å². The van der Waals surface area contributed by atoms with Crippen molar-refractivity contribution in [2.45, 2.75) is 89.4 Å². The second-order valence-electron chi connectivity index (χ2n) is 11.0. The molecular formula is C32H41N5O3S2. The molecule has 8 nitrogen and oxygen atoms in total. The van der Waals surface area contributed by atoms with Crippen LogP contribution in [0.3, 0.4) is 0 Å². The maximum Gasteiger partial charge on any atom is 0.220 e. The number of Topliss-reactive ketones (excluding diaryl/α,β-unsaturated/α-hetero) is 1. The molecule has 0 radical (unpaired) electrons. The summed E-state index contributed by atoms with van der Waals surface area (Å²) in [5, 5.41) is 5.24. The molecule has 10 heteroatoms. The minimum Gasteiger partial charge on any atom is -0.374 e. The van der Waals surface area contributed by atoms with Crippen LogP contribution >= 0.6 is 21.6 Å². The molecule has 4 rings (SSSR count). The third kappa shape index (κ3) is 9.54. The first kappa shape index (κ1) is 32.0. The quantitative estimate of drug-likeness (QED) is 0.0940. The molecule has 0 saturated heterocycles. The molecule has 0 aliphatic heterocycles. The number of fused-ring (bicyclic) bond motifs is 3. The van der Waals surface area contributed by atoms with Gasteiger partial charge in [-0.1, -0.05) is 47.9 Å². The van der Waals surface area contributed by atoms with Crippen molar-refractivity contribution in [3.05, 3.63) is 60.7 Å². The molecule has 0 saturated carbocycles. The number of aromatic nitrogens is 4. The van der Waals surface area contributed by atoms with Gasteiger partial charge in [0.05, 0.1) is 22.8 Å². The average molecular weight is 608 g/mol. The van der Waals surface area contributed by atoms with E-state index in [0.717, 1.165) is 64.2 Å². The number of carbonyl (C=O) groups excluding carboxylic acids is 2. The lowest BCUT2D eigenvalue weighted by Crippen LogP contribution is -2.46. The minimum atomic E-state index is -0.491. The molecule has 3 heterocycles. The van der Waals surface area contributed by atoms with E-state index in [1.165, 1.54) is 0 Å². The van der Waals surface area contributed by atoms with E-state index in [2.05, 4.69) is 25.9 Å². The standard InChI is InChI=1S/C32H41N5O3S2/c1-4-40-22-28-35-27-21-34-26-15-10-9-14-25(26)31(27)37(28)23-32(2,3)36-29(39)16-8-6-5-7-13-24(38)18-20-41-42-30-17-11-12-19-33-30/h9-12,14-15,17,19,21H,4-8,13,16,18,20,22-23H2,1-3H3,(H,36,39). The summed E-state index contributed by atoms with van der Waals surface area (Å²) in [4.78, 5) is 38.7. The number of benzene rings is 1. The Balaban J connectivity index is 1.20. The fourth-order valence-corrected chi connectivity index (χ4v) is 6.81. The Labute approximate surface area is 256 Å². The zero-order valence-electron chi connectivity index (χ0n) is 24.8. The number of hydrogen-bond acceptors (Lipinski definition) is 8. The van der Waals surface area contributed by atoms with Gasteiger partial charge in [0.2, 0.25) is 5.91 Å². The van der Waals surface area contributed by atoms with Gasteiger partial charge in [0.1, 0.15) is 28.8 Å². The molecule has 0 fully saturated rings. The SMILES string of the molecule is CCOCc1nc2cnc3ccccc3c2n1CC(C)(C)NC(=O)CCCCCCC(=O)CCSSc1ccccn1. The number of unbranched alkanes of at least 4 members (excludes halogenated alkanes) is 3. The zero-order chi connectivity index (χ0) is 29.8. The van der Waals surface area contributed by atoms with Crippen molar-refractivity contribution in [1.82, 2.24) is 24.8 Å². The molecule has 42 heavy (non-hydrogen) atoms. The molecule has 3 aromatic heterocycles. The number of hydrogen-bond donors (Lipinski definition) is 1. The van der Waals surface area contributed by atoms with Crippen molar-refractivity contribution in [1.29, 1.82) is 0 Å². The van der Waals surface area contributed by atoms with Crippen LogP contribution in [0.5, 0.6) is 0 Å². The van der Waals surface area contributed by atoms with Gasteiger partial charge < -0.3 is 14.6 Å². The van der Waals surface area contributed by atoms with Gasteiger partial charge in [-0.05, 0) is 62.6 Å². The molecule has 1 amide bonds. The van der Waals surface area contributed by atoms with Gasteiger partial charge in [-0.25, -0.2) is 9.97 Å². The first-order chi connectivity index (χ1) is 20.4. The lowest BCUT2D eigenvalue weighted by Gasteiger charge is -2.28. The highest BCUT2D eigenvalue weighted by Crippen LogP contribution is 2.30. The second-order valence-corrected chi connectivity index (χ2v) is 13.4. The van der Waals surface area contributed by atoms with Crippen molar-refractivity contribution >= 4 is 55.2 Å². The van der Waals surface area contributed by atoms with Crippen molar-refractivity contribution in [3.8, 4) is 0 Å². The molecular weight excluding hydrogens is 567 g/mol. The lowest BCUT2D eigenvalue weighted by atomic mass is 10.0. The minimum absolute atomic E-state index is 0.0424. The maximum absolute atomic E-state index is 12.9. The molecule has 1 aromatic carbocycles. The highest BCUT2D eigenvalue weighted by atomic mass is 33.1. The van der Waals surface area contributed by atoms with Crippen molar-refractivity contribution in [2.24, 2.45) is 0 Å². The van der Waals surface area contributed by atoms with E-state index >= 15 is 0 Å². The summed E-state index contributed by atoms with van der Waals surface area (Å²) < 4.78 is 7.89. The lowest BCUT2D eigenvalue weighted by molar-refractivity contribution is -0.123. The van der Waals surface area contributed by atoms with Crippen LogP contribution in [0.4, 0.5) is 0 Å². The van der Waals surface area contributed by atoms with E-state index < -0.39 is 5.54 Å². The van der Waals surface area contributed by atoms with Crippen molar-refractivity contribution in [2.75, 3.05) is 12.4 Å². The Bertz CT molecular complexity index is 1460. The summed E-state index contributed by atoms with van der Waals surface area (Å²) in [7, 11) is 3.28. The molecule has 0 unspecified atom stereocenters. The number of carbonyl (C=O) groups is 2. The summed E-state index contributed by atoms with van der Waals surface area (Å²) in [6.45, 7) is 7.62. The Morgan fingerprint density at radius 1 is 0.952 bits per heavy atom. The van der Waals surface area contributed by atoms with Crippen molar-refractivity contribution < 1.29 is 14.3 Å². The molecule has 224 valence electrons. The summed E-state index contributed by atoms with van der Waals surface area (Å²) in [6.07, 6.45) is 8.85. The summed E-state index contributed by atoms with van der Waals surface area (Å²) in [5.74, 6) is 1.97. The Kier molecular flexibility index (Phi) is 12.2. The molecule has 0 aliphatic rings. The molecule has 0 bridgehead atoms. The number of nitrogens with zero attached hydrogens (tertiary/aromatic N) is 4. The van der Waals surface area contributed by atoms with Crippen LogP contribution in [0, 0.1) is 0 Å². The van der Waals surface area contributed by atoms with E-state index in [0.29, 0.717) is 44.8 Å². The van der Waals surface area contributed by atoms with Crippen molar-refractivity contribution in [3.63, 3.8) is 0 Å². The second kappa shape index (κ2) is 16.0. The highest BCUT2D eigenvalue weighted by molar-refractivity contribution is 8.76. The topological polar surface area (TPSA) is 99.0 Å². The van der Waals surface area contributed by atoms with Gasteiger partial charge in [0.25, 0.3) is 0 Å². The summed E-state index contributed by atoms with van der Waals surface area (Å²) in [5.41, 5.74) is 2.26. The molecule has 0 aliphatic carbocycles. The van der Waals surface area contributed by atoms with Gasteiger partial charge in [-0.3, -0.25) is 14.6 Å². The zero-order valence-corrected chi connectivity index (χ0v) is 26.4. The maximum atomic E-state index is 12.9. The van der Waals surface area contributed by atoms with Crippen LogP contribution < -0.4 is 5.32 Å². The van der Waals surface area contributed by atoms with Crippen LogP contribution in [0.25, 0.3) is 21.9 Å². The van der Waals surface area contributed by atoms with Gasteiger partial charge in [-0.15, -0.1) is 0 Å². The van der Waals surface area contributed by atoms with E-state index in [-0.39, 0.29) is 5.91 Å². The number of rotatable bonds is 18. The number of pyridine rings is 2. The van der Waals surface area contributed by atoms with E-state index in [4.69, 9.17) is 9.72 Å². The van der Waals surface area contributed by atoms with Crippen LogP contribution in [0.2, 0.25) is 0 Å². The third-order valence-electron chi connectivity index (χ3n) is 6.88. The number of ether oxygens (including phenoxy) is 1. The van der Waals surface area contributed by atoms with Crippen LogP contribution in [0.1, 0.15) is 71.5 Å². The van der Waals surface area contributed by atoms with Gasteiger partial charge in [0, 0.05) is 49.8 Å². The monoisotopic (exact) mass is 607 g/mol. The molecule has 0 spiro atoms. The molecule has 1 N–H and O–H groups in total.